The van der Waals surface area contributed by atoms with Gasteiger partial charge in [0.2, 0.25) is 0 Å². The molecule has 0 saturated carbocycles. The average Bonchev–Trinajstić information content (AvgIpc) is 2.25. The first-order chi connectivity index (χ1) is 5.38. The van der Waals surface area contributed by atoms with Gasteiger partial charge in [0.25, 0.3) is 5.56 Å². The van der Waals surface area contributed by atoms with Crippen molar-refractivity contribution in [3.05, 3.63) is 21.6 Å². The molecule has 1 aliphatic rings. The highest BCUT2D eigenvalue weighted by Gasteiger charge is 2.11. The predicted molar refractivity (Wildman–Crippen MR) is 56.2 cm³/mol. The molecule has 2 heterocycles. The van der Waals surface area contributed by atoms with Gasteiger partial charge in [0, 0.05) is 24.2 Å². The highest BCUT2D eigenvalue weighted by Crippen LogP contribution is 2.03. The lowest BCUT2D eigenvalue weighted by molar-refractivity contribution is 0.701. The van der Waals surface area contributed by atoms with Gasteiger partial charge in [0.05, 0.1) is 0 Å². The number of hydrogen-bond donors (Lipinski definition) is 3. The fourth-order valence-electron chi connectivity index (χ4n) is 1.45. The van der Waals surface area contributed by atoms with Gasteiger partial charge in [-0.3, -0.25) is 9.89 Å². The lowest BCUT2D eigenvalue weighted by Gasteiger charge is -1.93. The Morgan fingerprint density at radius 3 is 2.46 bits per heavy atom. The summed E-state index contributed by atoms with van der Waals surface area (Å²) >= 11 is 0. The summed E-state index contributed by atoms with van der Waals surface area (Å²) in [5, 5.41) is 8.72. The van der Waals surface area contributed by atoms with Crippen LogP contribution in [-0.4, -0.2) is 23.3 Å². The largest absolute Gasteiger partial charge is 0.316 e. The van der Waals surface area contributed by atoms with Crippen molar-refractivity contribution in [3.8, 4) is 0 Å². The quantitative estimate of drug-likeness (QED) is 0.593. The van der Waals surface area contributed by atoms with Gasteiger partial charge in [-0.2, -0.15) is 0 Å². The smallest absolute Gasteiger partial charge is 0.267 e. The van der Waals surface area contributed by atoms with Crippen LogP contribution in [0.2, 0.25) is 0 Å². The summed E-state index contributed by atoms with van der Waals surface area (Å²) in [5.74, 6) is 0. The van der Waals surface area contributed by atoms with Crippen LogP contribution in [0.25, 0.3) is 0 Å². The monoisotopic (exact) mass is 225 g/mol. The summed E-state index contributed by atoms with van der Waals surface area (Å²) in [7, 11) is 0. The van der Waals surface area contributed by atoms with Gasteiger partial charge in [0.1, 0.15) is 0 Å². The Labute approximate surface area is 88.3 Å². The van der Waals surface area contributed by atoms with E-state index in [-0.39, 0.29) is 30.4 Å². The number of rotatable bonds is 0. The molecule has 3 N–H and O–H groups in total. The maximum Gasteiger partial charge on any atom is 0.267 e. The molecule has 0 saturated heterocycles. The minimum Gasteiger partial charge on any atom is -0.316 e. The number of aromatic nitrogens is 2. The SMILES string of the molecule is Cl.Cl.O=c1[nH][nH]c2c1CCNCC2. The normalized spacial score (nSPS) is 14.8. The number of halogens is 2. The van der Waals surface area contributed by atoms with E-state index in [4.69, 9.17) is 0 Å². The molecule has 0 atom stereocenters. The zero-order chi connectivity index (χ0) is 7.68. The topological polar surface area (TPSA) is 60.7 Å². The number of H-pyrrole nitrogens is 2. The van der Waals surface area contributed by atoms with Crippen LogP contribution in [0.3, 0.4) is 0 Å². The van der Waals surface area contributed by atoms with Crippen molar-refractivity contribution in [1.29, 1.82) is 0 Å². The van der Waals surface area contributed by atoms with Gasteiger partial charge < -0.3 is 10.4 Å². The molecule has 0 amide bonds. The molecule has 6 heteroatoms. The molecule has 2 rings (SSSR count). The van der Waals surface area contributed by atoms with E-state index in [1.54, 1.807) is 0 Å². The molecular weight excluding hydrogens is 213 g/mol. The minimum atomic E-state index is 0. The van der Waals surface area contributed by atoms with Crippen molar-refractivity contribution in [1.82, 2.24) is 15.5 Å². The first kappa shape index (κ1) is 12.6. The second kappa shape index (κ2) is 5.32. The van der Waals surface area contributed by atoms with Crippen molar-refractivity contribution >= 4 is 24.8 Å². The third-order valence-corrected chi connectivity index (χ3v) is 2.07. The van der Waals surface area contributed by atoms with Crippen LogP contribution >= 0.6 is 24.8 Å². The highest BCUT2D eigenvalue weighted by molar-refractivity contribution is 5.85. The van der Waals surface area contributed by atoms with Crippen molar-refractivity contribution < 1.29 is 0 Å². The van der Waals surface area contributed by atoms with E-state index in [1.807, 2.05) is 0 Å². The van der Waals surface area contributed by atoms with Gasteiger partial charge in [-0.15, -0.1) is 24.8 Å². The maximum absolute atomic E-state index is 11.1. The lowest BCUT2D eigenvalue weighted by atomic mass is 10.2. The van der Waals surface area contributed by atoms with Crippen LogP contribution in [0.1, 0.15) is 11.3 Å². The third kappa shape index (κ3) is 2.49. The molecule has 0 bridgehead atoms. The summed E-state index contributed by atoms with van der Waals surface area (Å²) < 4.78 is 0. The molecule has 0 radical (unpaired) electrons. The summed E-state index contributed by atoms with van der Waals surface area (Å²) in [4.78, 5) is 11.1. The van der Waals surface area contributed by atoms with Gasteiger partial charge in [-0.1, -0.05) is 0 Å². The fourth-order valence-corrected chi connectivity index (χ4v) is 1.45. The van der Waals surface area contributed by atoms with Crippen molar-refractivity contribution in [2.75, 3.05) is 13.1 Å². The lowest BCUT2D eigenvalue weighted by Crippen LogP contribution is -2.18. The van der Waals surface area contributed by atoms with Gasteiger partial charge >= 0.3 is 0 Å². The molecule has 1 aliphatic heterocycles. The van der Waals surface area contributed by atoms with Gasteiger partial charge in [0.15, 0.2) is 0 Å². The van der Waals surface area contributed by atoms with Crippen molar-refractivity contribution in [2.24, 2.45) is 0 Å². The molecule has 76 valence electrons. The van der Waals surface area contributed by atoms with E-state index < -0.39 is 0 Å². The van der Waals surface area contributed by atoms with E-state index >= 15 is 0 Å². The summed E-state index contributed by atoms with van der Waals surface area (Å²) in [5.41, 5.74) is 2.04. The molecule has 0 aliphatic carbocycles. The molecule has 13 heavy (non-hydrogen) atoms. The summed E-state index contributed by atoms with van der Waals surface area (Å²) in [6.07, 6.45) is 1.77. The average molecular weight is 226 g/mol. The number of fused-ring (bicyclic) bond motifs is 1. The molecule has 0 spiro atoms. The van der Waals surface area contributed by atoms with Crippen LogP contribution in [0.4, 0.5) is 0 Å². The van der Waals surface area contributed by atoms with Gasteiger partial charge in [-0.05, 0) is 13.0 Å². The zero-order valence-corrected chi connectivity index (χ0v) is 8.69. The second-order valence-corrected chi connectivity index (χ2v) is 2.79. The van der Waals surface area contributed by atoms with Crippen molar-refractivity contribution in [2.45, 2.75) is 12.8 Å². The third-order valence-electron chi connectivity index (χ3n) is 2.07. The van der Waals surface area contributed by atoms with Crippen LogP contribution in [0.5, 0.6) is 0 Å². The van der Waals surface area contributed by atoms with Crippen LogP contribution < -0.4 is 10.9 Å². The number of nitrogens with one attached hydrogen (secondary N) is 3. The molecular formula is C7H13Cl2N3O. The summed E-state index contributed by atoms with van der Waals surface area (Å²) in [6.45, 7) is 1.87. The Morgan fingerprint density at radius 1 is 1.00 bits per heavy atom. The van der Waals surface area contributed by atoms with Crippen molar-refractivity contribution in [3.63, 3.8) is 0 Å². The van der Waals surface area contributed by atoms with E-state index in [0.29, 0.717) is 0 Å². The molecule has 1 aromatic rings. The number of aromatic amines is 2. The molecule has 0 unspecified atom stereocenters. The Morgan fingerprint density at radius 2 is 1.69 bits per heavy atom. The highest BCUT2D eigenvalue weighted by atomic mass is 35.5. The minimum absolute atomic E-state index is 0. The fraction of sp³-hybridized carbons (Fsp3) is 0.571. The van der Waals surface area contributed by atoms with Gasteiger partial charge in [-0.25, -0.2) is 0 Å². The molecule has 0 aromatic carbocycles. The van der Waals surface area contributed by atoms with E-state index in [0.717, 1.165) is 37.2 Å². The van der Waals surface area contributed by atoms with E-state index in [9.17, 15) is 4.79 Å². The Hall–Kier alpha value is -0.450. The van der Waals surface area contributed by atoms with Crippen LogP contribution in [-0.2, 0) is 12.8 Å². The molecule has 4 nitrogen and oxygen atoms in total. The van der Waals surface area contributed by atoms with E-state index in [1.165, 1.54) is 0 Å². The van der Waals surface area contributed by atoms with E-state index in [2.05, 4.69) is 15.5 Å². The molecule has 0 fully saturated rings. The second-order valence-electron chi connectivity index (χ2n) is 2.79. The first-order valence-electron chi connectivity index (χ1n) is 3.87. The Bertz CT molecular complexity index is 307. The number of hydrogen-bond acceptors (Lipinski definition) is 2. The van der Waals surface area contributed by atoms with Crippen LogP contribution in [0.15, 0.2) is 4.79 Å². The standard InChI is InChI=1S/C7H11N3O.2ClH/c11-7-5-1-3-8-4-2-6(5)9-10-7;;/h8H,1-4H2,(H2,9,10,11);2*1H. The Balaban J connectivity index is 0.000000720. The Kier molecular flexibility index (Phi) is 5.13. The molecule has 1 aromatic heterocycles. The predicted octanol–water partition coefficient (Wildman–Crippen LogP) is 0.235. The van der Waals surface area contributed by atoms with Crippen LogP contribution in [0, 0.1) is 0 Å². The zero-order valence-electron chi connectivity index (χ0n) is 7.05. The first-order valence-corrected chi connectivity index (χ1v) is 3.87. The maximum atomic E-state index is 11.1. The summed E-state index contributed by atoms with van der Waals surface area (Å²) in [6, 6.07) is 0.